The van der Waals surface area contributed by atoms with Crippen LogP contribution in [0.4, 0.5) is 0 Å². The number of piperidine rings is 1. The lowest BCUT2D eigenvalue weighted by Gasteiger charge is -2.28. The molecule has 0 radical (unpaired) electrons. The Morgan fingerprint density at radius 2 is 2.00 bits per heavy atom. The first-order valence-corrected chi connectivity index (χ1v) is 5.83. The highest BCUT2D eigenvalue weighted by molar-refractivity contribution is 9.10. The van der Waals surface area contributed by atoms with Crippen LogP contribution in [0, 0.1) is 0 Å². The van der Waals surface area contributed by atoms with Gasteiger partial charge in [-0.2, -0.15) is 0 Å². The third kappa shape index (κ3) is 2.01. The Morgan fingerprint density at radius 3 is 2.50 bits per heavy atom. The van der Waals surface area contributed by atoms with E-state index in [9.17, 15) is 0 Å². The van der Waals surface area contributed by atoms with E-state index in [-0.39, 0.29) is 0 Å². The molecule has 3 nitrogen and oxygen atoms in total. The summed E-state index contributed by atoms with van der Waals surface area (Å²) in [7, 11) is 4.26. The molecule has 0 amide bonds. The zero-order valence-corrected chi connectivity index (χ0v) is 10.3. The van der Waals surface area contributed by atoms with Crippen molar-refractivity contribution in [2.75, 3.05) is 20.1 Å². The number of aromatic nitrogens is 2. The monoisotopic (exact) mass is 257 g/mol. The van der Waals surface area contributed by atoms with Gasteiger partial charge in [-0.25, -0.2) is 4.98 Å². The van der Waals surface area contributed by atoms with Crippen LogP contribution in [0.1, 0.15) is 24.6 Å². The van der Waals surface area contributed by atoms with Crippen LogP contribution in [0.3, 0.4) is 0 Å². The van der Waals surface area contributed by atoms with Gasteiger partial charge in [-0.15, -0.1) is 0 Å². The molecule has 1 aromatic heterocycles. The third-order valence-corrected chi connectivity index (χ3v) is 3.35. The number of likely N-dealkylation sites (tertiary alicyclic amines) is 1. The minimum atomic E-state index is 0.641. The van der Waals surface area contributed by atoms with Gasteiger partial charge in [0, 0.05) is 19.2 Å². The zero-order valence-electron chi connectivity index (χ0n) is 8.70. The lowest BCUT2D eigenvalue weighted by atomic mass is 9.96. The molecule has 0 aliphatic carbocycles. The second-order valence-electron chi connectivity index (χ2n) is 4.11. The van der Waals surface area contributed by atoms with Crippen molar-refractivity contribution in [1.82, 2.24) is 14.5 Å². The molecule has 0 N–H and O–H groups in total. The Kier molecular flexibility index (Phi) is 2.93. The summed E-state index contributed by atoms with van der Waals surface area (Å²) in [6.45, 7) is 2.38. The minimum Gasteiger partial charge on any atom is -0.337 e. The smallest absolute Gasteiger partial charge is 0.124 e. The summed E-state index contributed by atoms with van der Waals surface area (Å²) in [5, 5.41) is 0. The number of hydrogen-bond acceptors (Lipinski definition) is 2. The lowest BCUT2D eigenvalue weighted by Crippen LogP contribution is -2.30. The van der Waals surface area contributed by atoms with E-state index < -0.39 is 0 Å². The highest BCUT2D eigenvalue weighted by atomic mass is 79.9. The van der Waals surface area contributed by atoms with Crippen molar-refractivity contribution in [3.8, 4) is 0 Å². The summed E-state index contributed by atoms with van der Waals surface area (Å²) in [5.41, 5.74) is 0. The van der Waals surface area contributed by atoms with Gasteiger partial charge in [-0.3, -0.25) is 0 Å². The van der Waals surface area contributed by atoms with Gasteiger partial charge in [0.25, 0.3) is 0 Å². The van der Waals surface area contributed by atoms with E-state index >= 15 is 0 Å². The van der Waals surface area contributed by atoms with Gasteiger partial charge in [-0.1, -0.05) is 0 Å². The largest absolute Gasteiger partial charge is 0.337 e. The minimum absolute atomic E-state index is 0.641. The van der Waals surface area contributed by atoms with E-state index in [0.29, 0.717) is 5.92 Å². The molecule has 0 atom stereocenters. The van der Waals surface area contributed by atoms with Crippen molar-refractivity contribution in [2.24, 2.45) is 7.05 Å². The van der Waals surface area contributed by atoms with Crippen LogP contribution in [-0.2, 0) is 7.05 Å². The average Bonchev–Trinajstić information content (AvgIpc) is 2.47. The molecule has 1 fully saturated rings. The molecule has 0 unspecified atom stereocenters. The van der Waals surface area contributed by atoms with Gasteiger partial charge in [0.15, 0.2) is 0 Å². The number of hydrogen-bond donors (Lipinski definition) is 0. The molecule has 2 heterocycles. The predicted octanol–water partition coefficient (Wildman–Crippen LogP) is 1.99. The quantitative estimate of drug-likeness (QED) is 0.768. The molecular formula is C10H16BrN3. The van der Waals surface area contributed by atoms with Crippen molar-refractivity contribution in [2.45, 2.75) is 18.8 Å². The maximum Gasteiger partial charge on any atom is 0.124 e. The average molecular weight is 258 g/mol. The Labute approximate surface area is 93.2 Å². The summed E-state index contributed by atoms with van der Waals surface area (Å²) in [6.07, 6.45) is 4.50. The summed E-state index contributed by atoms with van der Waals surface area (Å²) in [6, 6.07) is 0. The molecule has 0 aromatic carbocycles. The van der Waals surface area contributed by atoms with Crippen molar-refractivity contribution in [1.29, 1.82) is 0 Å². The molecule has 1 aliphatic rings. The first kappa shape index (κ1) is 10.2. The summed E-state index contributed by atoms with van der Waals surface area (Å²) in [4.78, 5) is 6.90. The van der Waals surface area contributed by atoms with E-state index in [2.05, 4.69) is 44.5 Å². The number of rotatable bonds is 1. The van der Waals surface area contributed by atoms with Crippen LogP contribution in [0.25, 0.3) is 0 Å². The molecule has 78 valence electrons. The maximum absolute atomic E-state index is 4.52. The molecule has 1 aliphatic heterocycles. The van der Waals surface area contributed by atoms with E-state index in [0.717, 1.165) is 4.60 Å². The molecule has 1 aromatic rings. The van der Waals surface area contributed by atoms with Crippen LogP contribution < -0.4 is 0 Å². The predicted molar refractivity (Wildman–Crippen MR) is 60.4 cm³/mol. The topological polar surface area (TPSA) is 21.1 Å². The third-order valence-electron chi connectivity index (χ3n) is 2.97. The Morgan fingerprint density at radius 1 is 1.36 bits per heavy atom. The van der Waals surface area contributed by atoms with E-state index in [4.69, 9.17) is 0 Å². The maximum atomic E-state index is 4.52. The Bertz CT molecular complexity index is 313. The van der Waals surface area contributed by atoms with Gasteiger partial charge >= 0.3 is 0 Å². The fourth-order valence-electron chi connectivity index (χ4n) is 2.09. The molecule has 14 heavy (non-hydrogen) atoms. The molecule has 1 saturated heterocycles. The first-order valence-electron chi connectivity index (χ1n) is 5.04. The SMILES string of the molecule is CN1CCC(c2nc(Br)cn2C)CC1. The number of aryl methyl sites for hydroxylation is 1. The summed E-state index contributed by atoms with van der Waals surface area (Å²) < 4.78 is 3.09. The van der Waals surface area contributed by atoms with Gasteiger partial charge in [0.05, 0.1) is 0 Å². The van der Waals surface area contributed by atoms with Gasteiger partial charge in [-0.05, 0) is 48.9 Å². The van der Waals surface area contributed by atoms with Crippen molar-refractivity contribution in [3.63, 3.8) is 0 Å². The van der Waals surface area contributed by atoms with Crippen molar-refractivity contribution >= 4 is 15.9 Å². The van der Waals surface area contributed by atoms with Crippen LogP contribution in [0.5, 0.6) is 0 Å². The number of nitrogens with zero attached hydrogens (tertiary/aromatic N) is 3. The standard InChI is InChI=1S/C10H16BrN3/c1-13-5-3-8(4-6-13)10-12-9(11)7-14(10)2/h7-8H,3-6H2,1-2H3. The summed E-state index contributed by atoms with van der Waals surface area (Å²) >= 11 is 3.42. The molecular weight excluding hydrogens is 242 g/mol. The summed E-state index contributed by atoms with van der Waals surface area (Å²) in [5.74, 6) is 1.87. The molecule has 0 saturated carbocycles. The van der Waals surface area contributed by atoms with E-state index in [1.54, 1.807) is 0 Å². The van der Waals surface area contributed by atoms with E-state index in [1.807, 2.05) is 6.20 Å². The Balaban J connectivity index is 2.11. The highest BCUT2D eigenvalue weighted by Crippen LogP contribution is 2.27. The zero-order chi connectivity index (χ0) is 10.1. The fourth-order valence-corrected chi connectivity index (χ4v) is 2.58. The van der Waals surface area contributed by atoms with Crippen LogP contribution >= 0.6 is 15.9 Å². The van der Waals surface area contributed by atoms with Crippen molar-refractivity contribution in [3.05, 3.63) is 16.6 Å². The van der Waals surface area contributed by atoms with Crippen molar-refractivity contribution < 1.29 is 0 Å². The number of halogens is 1. The fraction of sp³-hybridized carbons (Fsp3) is 0.700. The van der Waals surface area contributed by atoms with Gasteiger partial charge < -0.3 is 9.47 Å². The second kappa shape index (κ2) is 4.03. The molecule has 0 bridgehead atoms. The van der Waals surface area contributed by atoms with Gasteiger partial charge in [0.1, 0.15) is 10.4 Å². The molecule has 2 rings (SSSR count). The molecule has 4 heteroatoms. The normalized spacial score (nSPS) is 20.2. The second-order valence-corrected chi connectivity index (χ2v) is 4.92. The highest BCUT2D eigenvalue weighted by Gasteiger charge is 2.21. The lowest BCUT2D eigenvalue weighted by molar-refractivity contribution is 0.249. The van der Waals surface area contributed by atoms with Crippen LogP contribution in [0.2, 0.25) is 0 Å². The number of imidazole rings is 1. The first-order chi connectivity index (χ1) is 6.66. The Hall–Kier alpha value is -0.350. The van der Waals surface area contributed by atoms with E-state index in [1.165, 1.54) is 31.8 Å². The van der Waals surface area contributed by atoms with Gasteiger partial charge in [0.2, 0.25) is 0 Å². The van der Waals surface area contributed by atoms with Crippen LogP contribution in [0.15, 0.2) is 10.8 Å². The van der Waals surface area contributed by atoms with Crippen LogP contribution in [-0.4, -0.2) is 34.6 Å². The molecule has 0 spiro atoms.